The monoisotopic (exact) mass is 354 g/mol. The van der Waals surface area contributed by atoms with E-state index in [0.717, 1.165) is 0 Å². The Hall–Kier alpha value is -1.70. The molecule has 1 saturated heterocycles. The van der Waals surface area contributed by atoms with Crippen molar-refractivity contribution < 1.29 is 23.8 Å². The zero-order chi connectivity index (χ0) is 18.4. The van der Waals surface area contributed by atoms with Crippen molar-refractivity contribution in [3.8, 4) is 5.75 Å². The molecule has 2 rings (SSSR count). The summed E-state index contributed by atoms with van der Waals surface area (Å²) in [6.45, 7) is 1.99. The summed E-state index contributed by atoms with van der Waals surface area (Å²) in [5.41, 5.74) is -1.07. The molecule has 0 aliphatic carbocycles. The van der Waals surface area contributed by atoms with Gasteiger partial charge in [-0.05, 0) is 38.1 Å². The summed E-state index contributed by atoms with van der Waals surface area (Å²) < 4.78 is 24.2. The fourth-order valence-electron chi connectivity index (χ4n) is 3.14. The number of ether oxygens (including phenoxy) is 2. The van der Waals surface area contributed by atoms with Gasteiger partial charge < -0.3 is 24.4 Å². The van der Waals surface area contributed by atoms with E-state index in [1.165, 1.54) is 24.1 Å². The lowest BCUT2D eigenvalue weighted by molar-refractivity contribution is -0.160. The smallest absolute Gasteiger partial charge is 0.256 e. The van der Waals surface area contributed by atoms with E-state index < -0.39 is 5.60 Å². The number of hydrogen-bond acceptors (Lipinski definition) is 5. The van der Waals surface area contributed by atoms with Gasteiger partial charge in [-0.2, -0.15) is 0 Å². The van der Waals surface area contributed by atoms with Gasteiger partial charge in [0, 0.05) is 38.9 Å². The predicted octanol–water partition coefficient (Wildman–Crippen LogP) is 1.27. The first-order valence-corrected chi connectivity index (χ1v) is 8.41. The molecule has 25 heavy (non-hydrogen) atoms. The lowest BCUT2D eigenvalue weighted by Crippen LogP contribution is -2.58. The molecule has 0 bridgehead atoms. The first-order chi connectivity index (χ1) is 11.9. The maximum absolute atomic E-state index is 14.1. The van der Waals surface area contributed by atoms with Crippen molar-refractivity contribution in [3.63, 3.8) is 0 Å². The second-order valence-corrected chi connectivity index (χ2v) is 6.55. The van der Waals surface area contributed by atoms with E-state index in [2.05, 4.69) is 0 Å². The maximum atomic E-state index is 14.1. The molecule has 0 radical (unpaired) electrons. The number of carbonyl (C=O) groups excluding carboxylic acids is 1. The van der Waals surface area contributed by atoms with E-state index >= 15 is 0 Å². The zero-order valence-electron chi connectivity index (χ0n) is 15.1. The SMILES string of the molecule is COCCN(C)CC1(O)CCCN(Cc2cc(OC)ccc2F)C1=O. The Morgan fingerprint density at radius 1 is 1.40 bits per heavy atom. The van der Waals surface area contributed by atoms with Crippen molar-refractivity contribution in [1.29, 1.82) is 0 Å². The highest BCUT2D eigenvalue weighted by Crippen LogP contribution is 2.26. The van der Waals surface area contributed by atoms with E-state index in [0.29, 0.717) is 43.9 Å². The van der Waals surface area contributed by atoms with Crippen molar-refractivity contribution >= 4 is 5.91 Å². The highest BCUT2D eigenvalue weighted by Gasteiger charge is 2.42. The van der Waals surface area contributed by atoms with Gasteiger partial charge in [0.15, 0.2) is 5.60 Å². The van der Waals surface area contributed by atoms with E-state index in [9.17, 15) is 14.3 Å². The first-order valence-electron chi connectivity index (χ1n) is 8.41. The minimum absolute atomic E-state index is 0.117. The second-order valence-electron chi connectivity index (χ2n) is 6.55. The maximum Gasteiger partial charge on any atom is 0.256 e. The van der Waals surface area contributed by atoms with Crippen LogP contribution in [0.25, 0.3) is 0 Å². The summed E-state index contributed by atoms with van der Waals surface area (Å²) in [4.78, 5) is 16.2. The van der Waals surface area contributed by atoms with E-state index in [4.69, 9.17) is 9.47 Å². The van der Waals surface area contributed by atoms with Gasteiger partial charge in [-0.3, -0.25) is 4.79 Å². The number of piperidine rings is 1. The summed E-state index contributed by atoms with van der Waals surface area (Å²) in [5.74, 6) is -0.208. The van der Waals surface area contributed by atoms with Crippen molar-refractivity contribution in [3.05, 3.63) is 29.6 Å². The number of amides is 1. The van der Waals surface area contributed by atoms with Crippen LogP contribution in [0, 0.1) is 5.82 Å². The summed E-state index contributed by atoms with van der Waals surface area (Å²) in [6, 6.07) is 4.45. The molecule has 1 aromatic carbocycles. The number of halogens is 1. The Bertz CT molecular complexity index is 598. The highest BCUT2D eigenvalue weighted by molar-refractivity contribution is 5.86. The lowest BCUT2D eigenvalue weighted by atomic mass is 9.90. The van der Waals surface area contributed by atoms with E-state index in [1.54, 1.807) is 13.2 Å². The molecule has 1 amide bonds. The van der Waals surface area contributed by atoms with E-state index in [-0.39, 0.29) is 24.8 Å². The Morgan fingerprint density at radius 3 is 2.84 bits per heavy atom. The number of aliphatic hydroxyl groups is 1. The van der Waals surface area contributed by atoms with Crippen LogP contribution in [-0.2, 0) is 16.1 Å². The highest BCUT2D eigenvalue weighted by atomic mass is 19.1. The Kier molecular flexibility index (Phi) is 6.75. The molecule has 1 aliphatic rings. The topological polar surface area (TPSA) is 62.2 Å². The van der Waals surface area contributed by atoms with Gasteiger partial charge in [0.2, 0.25) is 0 Å². The fourth-order valence-corrected chi connectivity index (χ4v) is 3.14. The predicted molar refractivity (Wildman–Crippen MR) is 91.9 cm³/mol. The standard InChI is InChI=1S/C18H27FN2O4/c1-20(9-10-24-2)13-18(23)7-4-8-21(17(18)22)12-14-11-15(25-3)5-6-16(14)19/h5-6,11,23H,4,7-10,12-13H2,1-3H3. The van der Waals surface area contributed by atoms with Gasteiger partial charge in [0.25, 0.3) is 5.91 Å². The van der Waals surface area contributed by atoms with Crippen LogP contribution in [-0.4, -0.2) is 73.9 Å². The molecule has 1 heterocycles. The van der Waals surface area contributed by atoms with Crippen LogP contribution in [0.15, 0.2) is 18.2 Å². The molecule has 1 N–H and O–H groups in total. The zero-order valence-corrected chi connectivity index (χ0v) is 15.1. The Balaban J connectivity index is 2.08. The quantitative estimate of drug-likeness (QED) is 0.762. The number of methoxy groups -OCH3 is 2. The molecular formula is C18H27FN2O4. The molecule has 0 spiro atoms. The van der Waals surface area contributed by atoms with E-state index in [1.807, 2.05) is 11.9 Å². The molecule has 1 aromatic rings. The minimum Gasteiger partial charge on any atom is -0.497 e. The van der Waals surface area contributed by atoms with Crippen molar-refractivity contribution in [1.82, 2.24) is 9.80 Å². The minimum atomic E-state index is -1.45. The fraction of sp³-hybridized carbons (Fsp3) is 0.611. The summed E-state index contributed by atoms with van der Waals surface area (Å²) in [7, 11) is 4.96. The van der Waals surface area contributed by atoms with Crippen molar-refractivity contribution in [2.24, 2.45) is 0 Å². The molecule has 140 valence electrons. The summed E-state index contributed by atoms with van der Waals surface area (Å²) in [6.07, 6.45) is 1.08. The third-order valence-electron chi connectivity index (χ3n) is 4.53. The number of nitrogens with zero attached hydrogens (tertiary/aromatic N) is 2. The largest absolute Gasteiger partial charge is 0.497 e. The number of rotatable bonds is 8. The number of hydrogen-bond donors (Lipinski definition) is 1. The van der Waals surface area contributed by atoms with Gasteiger partial charge in [-0.25, -0.2) is 4.39 Å². The average Bonchev–Trinajstić information content (AvgIpc) is 2.59. The summed E-state index contributed by atoms with van der Waals surface area (Å²) >= 11 is 0. The van der Waals surface area contributed by atoms with Gasteiger partial charge in [-0.1, -0.05) is 0 Å². The number of likely N-dealkylation sites (tertiary alicyclic amines) is 1. The van der Waals surface area contributed by atoms with Crippen LogP contribution in [0.5, 0.6) is 5.75 Å². The molecule has 1 aliphatic heterocycles. The van der Waals surface area contributed by atoms with Gasteiger partial charge in [0.05, 0.1) is 13.7 Å². The Labute approximate surface area is 148 Å². The van der Waals surface area contributed by atoms with Crippen LogP contribution in [0.2, 0.25) is 0 Å². The Morgan fingerprint density at radius 2 is 2.16 bits per heavy atom. The molecule has 1 fully saturated rings. The third kappa shape index (κ3) is 4.90. The van der Waals surface area contributed by atoms with Gasteiger partial charge in [-0.15, -0.1) is 0 Å². The number of benzene rings is 1. The normalized spacial score (nSPS) is 21.0. The van der Waals surface area contributed by atoms with Gasteiger partial charge >= 0.3 is 0 Å². The van der Waals surface area contributed by atoms with Crippen LogP contribution < -0.4 is 4.74 Å². The molecule has 1 unspecified atom stereocenters. The first kappa shape index (κ1) is 19.6. The summed E-state index contributed by atoms with van der Waals surface area (Å²) in [5, 5.41) is 10.8. The van der Waals surface area contributed by atoms with Gasteiger partial charge in [0.1, 0.15) is 11.6 Å². The molecule has 7 heteroatoms. The molecule has 1 atom stereocenters. The molecule has 0 saturated carbocycles. The second kappa shape index (κ2) is 8.60. The molecular weight excluding hydrogens is 327 g/mol. The average molecular weight is 354 g/mol. The number of carbonyl (C=O) groups is 1. The van der Waals surface area contributed by atoms with Crippen LogP contribution >= 0.6 is 0 Å². The molecule has 0 aromatic heterocycles. The van der Waals surface area contributed by atoms with Crippen LogP contribution in [0.4, 0.5) is 4.39 Å². The third-order valence-corrected chi connectivity index (χ3v) is 4.53. The van der Waals surface area contributed by atoms with Crippen LogP contribution in [0.1, 0.15) is 18.4 Å². The van der Waals surface area contributed by atoms with Crippen molar-refractivity contribution in [2.45, 2.75) is 25.0 Å². The molecule has 6 nitrogen and oxygen atoms in total. The number of likely N-dealkylation sites (N-methyl/N-ethyl adjacent to an activating group) is 1. The van der Waals surface area contributed by atoms with Crippen molar-refractivity contribution in [2.75, 3.05) is 47.5 Å². The van der Waals surface area contributed by atoms with Crippen LogP contribution in [0.3, 0.4) is 0 Å². The lowest BCUT2D eigenvalue weighted by Gasteiger charge is -2.40.